The predicted molar refractivity (Wildman–Crippen MR) is 80.7 cm³/mol. The van der Waals surface area contributed by atoms with Crippen LogP contribution in [0.1, 0.15) is 11.1 Å². The van der Waals surface area contributed by atoms with Gasteiger partial charge in [-0.3, -0.25) is 0 Å². The smallest absolute Gasteiger partial charge is 0.187 e. The summed E-state index contributed by atoms with van der Waals surface area (Å²) in [7, 11) is 0. The van der Waals surface area contributed by atoms with E-state index < -0.39 is 0 Å². The number of rotatable bonds is 1. The maximum Gasteiger partial charge on any atom is 0.187 e. The molecule has 0 N–H and O–H groups in total. The zero-order valence-electron chi connectivity index (χ0n) is 10.7. The van der Waals surface area contributed by atoms with Gasteiger partial charge in [0.25, 0.3) is 0 Å². The van der Waals surface area contributed by atoms with Crippen LogP contribution in [0.5, 0.6) is 0 Å². The van der Waals surface area contributed by atoms with Crippen LogP contribution in [-0.2, 0) is 0 Å². The lowest BCUT2D eigenvalue weighted by atomic mass is 10.2. The van der Waals surface area contributed by atoms with Gasteiger partial charge < -0.3 is 0 Å². The van der Waals surface area contributed by atoms with Crippen molar-refractivity contribution in [3.8, 4) is 11.4 Å². The van der Waals surface area contributed by atoms with Gasteiger partial charge in [-0.25, -0.2) is 0 Å². The van der Waals surface area contributed by atoms with Crippen molar-refractivity contribution in [1.82, 2.24) is 19.8 Å². The zero-order chi connectivity index (χ0) is 14.4. The fourth-order valence-electron chi connectivity index (χ4n) is 1.93. The molecule has 0 aliphatic carbocycles. The summed E-state index contributed by atoms with van der Waals surface area (Å²) in [5, 5.41) is 14.1. The van der Waals surface area contributed by atoms with Crippen LogP contribution in [0, 0.1) is 13.8 Å². The molecule has 0 saturated heterocycles. The van der Waals surface area contributed by atoms with Gasteiger partial charge in [0, 0.05) is 16.1 Å². The van der Waals surface area contributed by atoms with E-state index in [1.54, 1.807) is 22.7 Å². The molecule has 2 aromatic heterocycles. The highest BCUT2D eigenvalue weighted by Crippen LogP contribution is 2.30. The van der Waals surface area contributed by atoms with Crippen molar-refractivity contribution in [1.29, 1.82) is 0 Å². The van der Waals surface area contributed by atoms with E-state index in [1.165, 1.54) is 0 Å². The van der Waals surface area contributed by atoms with Gasteiger partial charge in [0.2, 0.25) is 0 Å². The van der Waals surface area contributed by atoms with Crippen LogP contribution in [0.15, 0.2) is 18.2 Å². The van der Waals surface area contributed by atoms with E-state index in [-0.39, 0.29) is 0 Å². The summed E-state index contributed by atoms with van der Waals surface area (Å²) in [5.41, 5.74) is 3.13. The standard InChI is InChI=1S/C13H9Cl3N4/c1-6-7(2)12-17-18-13(20(12)19-11(6)16)9-5-8(14)3-4-10(9)15/h3-5H,1-2H3. The van der Waals surface area contributed by atoms with Gasteiger partial charge in [-0.15, -0.1) is 10.2 Å². The van der Waals surface area contributed by atoms with E-state index in [2.05, 4.69) is 15.3 Å². The number of nitrogens with zero attached hydrogens (tertiary/aromatic N) is 4. The second-order valence-electron chi connectivity index (χ2n) is 4.42. The van der Waals surface area contributed by atoms with Crippen molar-refractivity contribution >= 4 is 40.4 Å². The highest BCUT2D eigenvalue weighted by Gasteiger charge is 2.17. The SMILES string of the molecule is Cc1c(Cl)nn2c(-c3cc(Cl)ccc3Cl)nnc2c1C. The first-order valence-corrected chi connectivity index (χ1v) is 6.96. The van der Waals surface area contributed by atoms with E-state index in [1.807, 2.05) is 13.8 Å². The molecule has 0 spiro atoms. The van der Waals surface area contributed by atoms with Gasteiger partial charge in [0.05, 0.1) is 5.02 Å². The third-order valence-corrected chi connectivity index (χ3v) is 4.13. The zero-order valence-corrected chi connectivity index (χ0v) is 12.9. The van der Waals surface area contributed by atoms with E-state index in [0.29, 0.717) is 32.2 Å². The molecule has 2 heterocycles. The molecule has 0 bridgehead atoms. The average Bonchev–Trinajstić information content (AvgIpc) is 2.82. The molecule has 0 radical (unpaired) electrons. The maximum absolute atomic E-state index is 6.20. The quantitative estimate of drug-likeness (QED) is 0.666. The molecule has 20 heavy (non-hydrogen) atoms. The number of fused-ring (bicyclic) bond motifs is 1. The van der Waals surface area contributed by atoms with Gasteiger partial charge >= 0.3 is 0 Å². The molecular formula is C13H9Cl3N4. The van der Waals surface area contributed by atoms with Crippen LogP contribution in [0.4, 0.5) is 0 Å². The summed E-state index contributed by atoms with van der Waals surface area (Å²) < 4.78 is 1.59. The molecule has 0 aliphatic rings. The van der Waals surface area contributed by atoms with E-state index in [0.717, 1.165) is 11.1 Å². The Morgan fingerprint density at radius 1 is 1.00 bits per heavy atom. The van der Waals surface area contributed by atoms with E-state index in [4.69, 9.17) is 34.8 Å². The van der Waals surface area contributed by atoms with Crippen molar-refractivity contribution in [3.63, 3.8) is 0 Å². The lowest BCUT2D eigenvalue weighted by Crippen LogP contribution is -2.00. The number of aromatic nitrogens is 4. The minimum Gasteiger partial charge on any atom is -0.191 e. The van der Waals surface area contributed by atoms with Crippen LogP contribution in [0.25, 0.3) is 17.0 Å². The molecule has 0 amide bonds. The number of aryl methyl sites for hydroxylation is 1. The Bertz CT molecular complexity index is 826. The minimum atomic E-state index is 0.411. The van der Waals surface area contributed by atoms with Crippen LogP contribution >= 0.6 is 34.8 Å². The molecule has 0 aliphatic heterocycles. The fraction of sp³-hybridized carbons (Fsp3) is 0.154. The maximum atomic E-state index is 6.20. The second-order valence-corrected chi connectivity index (χ2v) is 5.63. The first kappa shape index (κ1) is 13.6. The van der Waals surface area contributed by atoms with E-state index in [9.17, 15) is 0 Å². The molecule has 3 rings (SSSR count). The Hall–Kier alpha value is -1.36. The molecular weight excluding hydrogens is 319 g/mol. The summed E-state index contributed by atoms with van der Waals surface area (Å²) >= 11 is 18.3. The number of halogens is 3. The van der Waals surface area contributed by atoms with Crippen molar-refractivity contribution in [2.75, 3.05) is 0 Å². The van der Waals surface area contributed by atoms with Crippen LogP contribution in [0.3, 0.4) is 0 Å². The van der Waals surface area contributed by atoms with Crippen LogP contribution in [-0.4, -0.2) is 19.8 Å². The highest BCUT2D eigenvalue weighted by atomic mass is 35.5. The molecule has 3 aromatic rings. The molecule has 0 saturated carbocycles. The Morgan fingerprint density at radius 3 is 2.50 bits per heavy atom. The molecule has 0 fully saturated rings. The first-order valence-electron chi connectivity index (χ1n) is 5.82. The number of benzene rings is 1. The molecule has 0 atom stereocenters. The van der Waals surface area contributed by atoms with Gasteiger partial charge in [-0.1, -0.05) is 34.8 Å². The molecule has 1 aromatic carbocycles. The number of hydrogen-bond acceptors (Lipinski definition) is 3. The first-order chi connectivity index (χ1) is 9.49. The highest BCUT2D eigenvalue weighted by molar-refractivity contribution is 6.35. The normalized spacial score (nSPS) is 11.2. The Labute approximate surface area is 130 Å². The third-order valence-electron chi connectivity index (χ3n) is 3.21. The summed E-state index contributed by atoms with van der Waals surface area (Å²) in [4.78, 5) is 0. The summed E-state index contributed by atoms with van der Waals surface area (Å²) in [6.45, 7) is 3.82. The summed E-state index contributed by atoms with van der Waals surface area (Å²) in [6.07, 6.45) is 0. The predicted octanol–water partition coefficient (Wildman–Crippen LogP) is 4.37. The van der Waals surface area contributed by atoms with Crippen molar-refractivity contribution < 1.29 is 0 Å². The Balaban J connectivity index is 2.36. The molecule has 102 valence electrons. The van der Waals surface area contributed by atoms with Crippen LogP contribution < -0.4 is 0 Å². The minimum absolute atomic E-state index is 0.411. The van der Waals surface area contributed by atoms with Crippen molar-refractivity contribution in [3.05, 3.63) is 44.5 Å². The second kappa shape index (κ2) is 4.88. The lowest BCUT2D eigenvalue weighted by molar-refractivity contribution is 0.919. The van der Waals surface area contributed by atoms with Gasteiger partial charge in [0.1, 0.15) is 0 Å². The van der Waals surface area contributed by atoms with Crippen molar-refractivity contribution in [2.45, 2.75) is 13.8 Å². The lowest BCUT2D eigenvalue weighted by Gasteiger charge is -2.06. The van der Waals surface area contributed by atoms with Crippen LogP contribution in [0.2, 0.25) is 15.2 Å². The van der Waals surface area contributed by atoms with Gasteiger partial charge in [-0.2, -0.15) is 9.61 Å². The number of hydrogen-bond donors (Lipinski definition) is 0. The van der Waals surface area contributed by atoms with Gasteiger partial charge in [-0.05, 0) is 37.6 Å². The van der Waals surface area contributed by atoms with E-state index >= 15 is 0 Å². The topological polar surface area (TPSA) is 43.1 Å². The largest absolute Gasteiger partial charge is 0.191 e. The van der Waals surface area contributed by atoms with Crippen molar-refractivity contribution in [2.24, 2.45) is 0 Å². The Kier molecular flexibility index (Phi) is 3.32. The van der Waals surface area contributed by atoms with Gasteiger partial charge in [0.15, 0.2) is 16.6 Å². The molecule has 0 unspecified atom stereocenters. The average molecular weight is 328 g/mol. The molecule has 7 heteroatoms. The monoisotopic (exact) mass is 326 g/mol. The summed E-state index contributed by atoms with van der Waals surface area (Å²) in [5.74, 6) is 0.512. The molecule has 4 nitrogen and oxygen atoms in total. The Morgan fingerprint density at radius 2 is 1.75 bits per heavy atom. The third kappa shape index (κ3) is 2.04. The fourth-order valence-corrected chi connectivity index (χ4v) is 2.52. The summed E-state index contributed by atoms with van der Waals surface area (Å²) in [6, 6.07) is 5.15.